The Bertz CT molecular complexity index is 410. The van der Waals surface area contributed by atoms with Gasteiger partial charge in [-0.1, -0.05) is 0 Å². The molecule has 0 radical (unpaired) electrons. The molecule has 0 saturated carbocycles. The predicted octanol–water partition coefficient (Wildman–Crippen LogP) is 2.43. The molecular formula is C13H17BrN2O2. The average Bonchev–Trinajstić information content (AvgIpc) is 2.93. The molecule has 2 saturated heterocycles. The molecule has 18 heavy (non-hydrogen) atoms. The summed E-state index contributed by atoms with van der Waals surface area (Å²) in [6.45, 7) is 3.47. The van der Waals surface area contributed by atoms with Crippen LogP contribution >= 0.6 is 15.9 Å². The third-order valence-corrected chi connectivity index (χ3v) is 4.15. The number of ether oxygens (including phenoxy) is 2. The van der Waals surface area contributed by atoms with Crippen LogP contribution in [0.5, 0.6) is 0 Å². The van der Waals surface area contributed by atoms with Crippen LogP contribution in [-0.4, -0.2) is 37.6 Å². The van der Waals surface area contributed by atoms with E-state index in [1.54, 1.807) is 0 Å². The summed E-state index contributed by atoms with van der Waals surface area (Å²) < 4.78 is 12.3. The monoisotopic (exact) mass is 312 g/mol. The van der Waals surface area contributed by atoms with Gasteiger partial charge in [0, 0.05) is 25.2 Å². The van der Waals surface area contributed by atoms with Crippen LogP contribution in [0, 0.1) is 5.92 Å². The van der Waals surface area contributed by atoms with Crippen molar-refractivity contribution in [2.45, 2.75) is 19.1 Å². The average molecular weight is 313 g/mol. The zero-order valence-electron chi connectivity index (χ0n) is 10.2. The van der Waals surface area contributed by atoms with Crippen molar-refractivity contribution in [2.24, 2.45) is 5.92 Å². The van der Waals surface area contributed by atoms with Gasteiger partial charge in [0.2, 0.25) is 0 Å². The molecule has 0 spiro atoms. The summed E-state index contributed by atoms with van der Waals surface area (Å²) >= 11 is 3.57. The van der Waals surface area contributed by atoms with E-state index in [2.05, 4.69) is 25.8 Å². The van der Waals surface area contributed by atoms with Crippen molar-refractivity contribution in [3.8, 4) is 0 Å². The van der Waals surface area contributed by atoms with Crippen LogP contribution in [0.15, 0.2) is 22.8 Å². The Morgan fingerprint density at radius 2 is 2.17 bits per heavy atom. The van der Waals surface area contributed by atoms with Gasteiger partial charge in [-0.3, -0.25) is 0 Å². The van der Waals surface area contributed by atoms with E-state index < -0.39 is 0 Å². The van der Waals surface area contributed by atoms with Crippen LogP contribution in [0.1, 0.15) is 12.8 Å². The summed E-state index contributed by atoms with van der Waals surface area (Å²) in [4.78, 5) is 6.78. The largest absolute Gasteiger partial charge is 0.355 e. The zero-order valence-corrected chi connectivity index (χ0v) is 11.8. The minimum Gasteiger partial charge on any atom is -0.355 e. The van der Waals surface area contributed by atoms with E-state index in [0.29, 0.717) is 5.92 Å². The normalized spacial score (nSPS) is 25.6. The van der Waals surface area contributed by atoms with Gasteiger partial charge in [0.05, 0.1) is 17.7 Å². The van der Waals surface area contributed by atoms with Gasteiger partial charge in [0.15, 0.2) is 6.29 Å². The first kappa shape index (κ1) is 12.4. The van der Waals surface area contributed by atoms with Gasteiger partial charge in [-0.05, 0) is 40.9 Å². The third-order valence-electron chi connectivity index (χ3n) is 3.53. The number of anilines is 1. The molecule has 5 heteroatoms. The second-order valence-corrected chi connectivity index (χ2v) is 5.62. The second-order valence-electron chi connectivity index (χ2n) is 4.77. The van der Waals surface area contributed by atoms with Crippen molar-refractivity contribution >= 4 is 21.7 Å². The molecule has 2 aliphatic heterocycles. The fraction of sp³-hybridized carbons (Fsp3) is 0.615. The number of rotatable bonds is 2. The standard InChI is InChI=1S/C13H17BrN2O2/c14-11-4-1-5-15-12(11)16-6-2-3-10(9-16)13-17-7-8-18-13/h1,4-5,10,13H,2-3,6-9H2/t10-/m1/s1. The topological polar surface area (TPSA) is 34.6 Å². The Hall–Kier alpha value is -0.650. The van der Waals surface area contributed by atoms with Crippen molar-refractivity contribution in [2.75, 3.05) is 31.2 Å². The van der Waals surface area contributed by atoms with Crippen LogP contribution in [0.3, 0.4) is 0 Å². The van der Waals surface area contributed by atoms with E-state index in [4.69, 9.17) is 9.47 Å². The maximum absolute atomic E-state index is 5.63. The fourth-order valence-corrected chi connectivity index (χ4v) is 3.19. The minimum atomic E-state index is -0.0183. The third kappa shape index (κ3) is 2.53. The highest BCUT2D eigenvalue weighted by Crippen LogP contribution is 2.30. The smallest absolute Gasteiger partial charge is 0.162 e. The Morgan fingerprint density at radius 3 is 2.94 bits per heavy atom. The van der Waals surface area contributed by atoms with Crippen molar-refractivity contribution in [1.82, 2.24) is 4.98 Å². The van der Waals surface area contributed by atoms with Crippen LogP contribution in [0.4, 0.5) is 5.82 Å². The summed E-state index contributed by atoms with van der Waals surface area (Å²) in [7, 11) is 0. The summed E-state index contributed by atoms with van der Waals surface area (Å²) in [5, 5.41) is 0. The van der Waals surface area contributed by atoms with Gasteiger partial charge in [0.25, 0.3) is 0 Å². The Balaban J connectivity index is 1.72. The summed E-state index contributed by atoms with van der Waals surface area (Å²) in [6.07, 6.45) is 4.16. The Labute approximate surface area is 115 Å². The van der Waals surface area contributed by atoms with Crippen molar-refractivity contribution in [3.05, 3.63) is 22.8 Å². The van der Waals surface area contributed by atoms with Crippen molar-refractivity contribution in [3.63, 3.8) is 0 Å². The predicted molar refractivity (Wildman–Crippen MR) is 72.6 cm³/mol. The van der Waals surface area contributed by atoms with Crippen LogP contribution in [0.25, 0.3) is 0 Å². The first-order valence-corrected chi connectivity index (χ1v) is 7.22. The Morgan fingerprint density at radius 1 is 1.33 bits per heavy atom. The number of hydrogen-bond acceptors (Lipinski definition) is 4. The molecule has 0 unspecified atom stereocenters. The molecular weight excluding hydrogens is 296 g/mol. The molecule has 0 N–H and O–H groups in total. The van der Waals surface area contributed by atoms with E-state index in [-0.39, 0.29) is 6.29 Å². The summed E-state index contributed by atoms with van der Waals surface area (Å²) in [5.74, 6) is 1.48. The molecule has 1 aromatic rings. The van der Waals surface area contributed by atoms with Crippen LogP contribution in [0.2, 0.25) is 0 Å². The highest BCUT2D eigenvalue weighted by molar-refractivity contribution is 9.10. The zero-order chi connectivity index (χ0) is 12.4. The molecule has 0 bridgehead atoms. The molecule has 4 nitrogen and oxygen atoms in total. The first-order valence-electron chi connectivity index (χ1n) is 6.43. The molecule has 2 fully saturated rings. The van der Waals surface area contributed by atoms with Crippen molar-refractivity contribution in [1.29, 1.82) is 0 Å². The lowest BCUT2D eigenvalue weighted by molar-refractivity contribution is -0.0859. The minimum absolute atomic E-state index is 0.0183. The first-order chi connectivity index (χ1) is 8.84. The van der Waals surface area contributed by atoms with E-state index in [0.717, 1.165) is 43.0 Å². The molecule has 1 aromatic heterocycles. The molecule has 1 atom stereocenters. The maximum atomic E-state index is 5.63. The molecule has 98 valence electrons. The van der Waals surface area contributed by atoms with Gasteiger partial charge in [0.1, 0.15) is 5.82 Å². The molecule has 3 rings (SSSR count). The second kappa shape index (κ2) is 5.55. The fourth-order valence-electron chi connectivity index (χ4n) is 2.68. The van der Waals surface area contributed by atoms with Crippen LogP contribution < -0.4 is 4.90 Å². The summed E-state index contributed by atoms with van der Waals surface area (Å²) in [5.41, 5.74) is 0. The van der Waals surface area contributed by atoms with E-state index in [1.807, 2.05) is 18.3 Å². The van der Waals surface area contributed by atoms with E-state index >= 15 is 0 Å². The lowest BCUT2D eigenvalue weighted by Crippen LogP contribution is -2.41. The van der Waals surface area contributed by atoms with Gasteiger partial charge in [-0.15, -0.1) is 0 Å². The number of piperidine rings is 1. The van der Waals surface area contributed by atoms with Gasteiger partial charge in [-0.25, -0.2) is 4.98 Å². The highest BCUT2D eigenvalue weighted by Gasteiger charge is 2.31. The number of nitrogens with zero attached hydrogens (tertiary/aromatic N) is 2. The molecule has 0 aromatic carbocycles. The van der Waals surface area contributed by atoms with Gasteiger partial charge < -0.3 is 14.4 Å². The van der Waals surface area contributed by atoms with Crippen molar-refractivity contribution < 1.29 is 9.47 Å². The van der Waals surface area contributed by atoms with Gasteiger partial charge >= 0.3 is 0 Å². The number of hydrogen-bond donors (Lipinski definition) is 0. The number of pyridine rings is 1. The summed E-state index contributed by atoms with van der Waals surface area (Å²) in [6, 6.07) is 3.98. The maximum Gasteiger partial charge on any atom is 0.162 e. The SMILES string of the molecule is Brc1cccnc1N1CCC[C@@H](C2OCCO2)C1. The molecule has 2 aliphatic rings. The highest BCUT2D eigenvalue weighted by atomic mass is 79.9. The van der Waals surface area contributed by atoms with E-state index in [9.17, 15) is 0 Å². The van der Waals surface area contributed by atoms with Gasteiger partial charge in [-0.2, -0.15) is 0 Å². The number of aromatic nitrogens is 1. The lowest BCUT2D eigenvalue weighted by Gasteiger charge is -2.35. The van der Waals surface area contributed by atoms with E-state index in [1.165, 1.54) is 6.42 Å². The van der Waals surface area contributed by atoms with Crippen LogP contribution in [-0.2, 0) is 9.47 Å². The Kier molecular flexibility index (Phi) is 3.82. The number of halogens is 1. The molecule has 3 heterocycles. The molecule has 0 aliphatic carbocycles. The quantitative estimate of drug-likeness (QED) is 0.840. The lowest BCUT2D eigenvalue weighted by atomic mass is 9.97. The molecule has 0 amide bonds.